The van der Waals surface area contributed by atoms with Crippen LogP contribution in [0.25, 0.3) is 23.0 Å². The lowest BCUT2D eigenvalue weighted by Gasteiger charge is -2.17. The van der Waals surface area contributed by atoms with Crippen LogP contribution >= 0.6 is 11.6 Å². The smallest absolute Gasteiger partial charge is 0.256 e. The molecule has 1 aromatic heterocycles. The average Bonchev–Trinajstić information content (AvgIpc) is 3.47. The van der Waals surface area contributed by atoms with Crippen LogP contribution in [0.2, 0.25) is 5.02 Å². The molecule has 3 N–H and O–H groups in total. The Balaban J connectivity index is 1.37. The fraction of sp³-hybridized carbons (Fsp3) is 0.0714. The highest BCUT2D eigenvalue weighted by molar-refractivity contribution is 6.36. The second kappa shape index (κ2) is 9.62. The number of nitrogens with one attached hydrogen (secondary N) is 2. The highest BCUT2D eigenvalue weighted by atomic mass is 35.5. The van der Waals surface area contributed by atoms with Crippen molar-refractivity contribution in [2.45, 2.75) is 6.04 Å². The van der Waals surface area contributed by atoms with Gasteiger partial charge in [0.15, 0.2) is 0 Å². The molecule has 0 saturated heterocycles. The third-order valence-corrected chi connectivity index (χ3v) is 6.01. The van der Waals surface area contributed by atoms with E-state index >= 15 is 0 Å². The zero-order chi connectivity index (χ0) is 24.4. The highest BCUT2D eigenvalue weighted by Crippen LogP contribution is 2.35. The summed E-state index contributed by atoms with van der Waals surface area (Å²) in [5.41, 5.74) is 3.85. The van der Waals surface area contributed by atoms with E-state index in [1.54, 1.807) is 54.6 Å². The van der Waals surface area contributed by atoms with Gasteiger partial charge in [-0.25, -0.2) is 0 Å². The molecule has 0 bridgehead atoms. The van der Waals surface area contributed by atoms with Crippen LogP contribution in [-0.4, -0.2) is 23.5 Å². The Morgan fingerprint density at radius 1 is 1.03 bits per heavy atom. The SMILES string of the molecule is O=C1Nc2ccc(Cl)cc2C1=Cc1ccc(-c2cccc(C(=O)NC(CO)c3ccccc3)c2)o1. The third kappa shape index (κ3) is 4.75. The summed E-state index contributed by atoms with van der Waals surface area (Å²) in [5, 5.41) is 16.0. The molecule has 7 heteroatoms. The van der Waals surface area contributed by atoms with E-state index in [-0.39, 0.29) is 18.4 Å². The number of furan rings is 1. The molecule has 1 unspecified atom stereocenters. The number of rotatable bonds is 6. The van der Waals surface area contributed by atoms with E-state index in [2.05, 4.69) is 10.6 Å². The Morgan fingerprint density at radius 3 is 2.66 bits per heavy atom. The van der Waals surface area contributed by atoms with Gasteiger partial charge in [0.25, 0.3) is 11.8 Å². The maximum Gasteiger partial charge on any atom is 0.256 e. The Morgan fingerprint density at radius 2 is 1.86 bits per heavy atom. The first-order valence-electron chi connectivity index (χ1n) is 11.0. The number of aliphatic hydroxyl groups excluding tert-OH is 1. The second-order valence-corrected chi connectivity index (χ2v) is 8.54. The number of benzene rings is 3. The summed E-state index contributed by atoms with van der Waals surface area (Å²) >= 11 is 6.10. The molecule has 1 aliphatic rings. The fourth-order valence-electron chi connectivity index (χ4n) is 4.01. The molecule has 4 aromatic rings. The van der Waals surface area contributed by atoms with Gasteiger partial charge in [-0.2, -0.15) is 0 Å². The molecule has 0 radical (unpaired) electrons. The van der Waals surface area contributed by atoms with Gasteiger partial charge in [0.05, 0.1) is 18.2 Å². The molecular formula is C28H21ClN2O4. The molecular weight excluding hydrogens is 464 g/mol. The van der Waals surface area contributed by atoms with Crippen LogP contribution in [0.15, 0.2) is 89.3 Å². The first-order valence-corrected chi connectivity index (χ1v) is 11.4. The van der Waals surface area contributed by atoms with E-state index < -0.39 is 6.04 Å². The number of aliphatic hydroxyl groups is 1. The van der Waals surface area contributed by atoms with Crippen LogP contribution in [0.4, 0.5) is 5.69 Å². The minimum absolute atomic E-state index is 0.215. The standard InChI is InChI=1S/C28H21ClN2O4/c29-20-9-11-24-22(14-20)23(28(34)30-24)15-21-10-12-26(35-21)18-7-4-8-19(13-18)27(33)31-25(16-32)17-5-2-1-3-6-17/h1-15,25,32H,16H2,(H,30,34)(H,31,33). The molecule has 0 spiro atoms. The predicted octanol–water partition coefficient (Wildman–Crippen LogP) is 5.56. The van der Waals surface area contributed by atoms with Crippen LogP contribution in [0.5, 0.6) is 0 Å². The van der Waals surface area contributed by atoms with Crippen molar-refractivity contribution in [2.75, 3.05) is 11.9 Å². The van der Waals surface area contributed by atoms with E-state index in [1.807, 2.05) is 36.4 Å². The first kappa shape index (κ1) is 22.7. The monoisotopic (exact) mass is 484 g/mol. The number of amides is 2. The molecule has 2 amide bonds. The molecule has 5 rings (SSSR count). The van der Waals surface area contributed by atoms with Crippen molar-refractivity contribution < 1.29 is 19.1 Å². The van der Waals surface area contributed by atoms with Crippen molar-refractivity contribution in [3.05, 3.63) is 112 Å². The maximum atomic E-state index is 12.9. The van der Waals surface area contributed by atoms with Crippen molar-refractivity contribution in [2.24, 2.45) is 0 Å². The lowest BCUT2D eigenvalue weighted by Crippen LogP contribution is -2.30. The zero-order valence-corrected chi connectivity index (χ0v) is 19.3. The van der Waals surface area contributed by atoms with E-state index in [0.717, 1.165) is 11.1 Å². The summed E-state index contributed by atoms with van der Waals surface area (Å²) in [4.78, 5) is 25.3. The van der Waals surface area contributed by atoms with Gasteiger partial charge in [0.2, 0.25) is 0 Å². The molecule has 3 aromatic carbocycles. The number of hydrogen-bond donors (Lipinski definition) is 3. The summed E-state index contributed by atoms with van der Waals surface area (Å²) in [6.45, 7) is -0.215. The molecule has 174 valence electrons. The van der Waals surface area contributed by atoms with E-state index in [1.165, 1.54) is 0 Å². The van der Waals surface area contributed by atoms with Crippen LogP contribution in [0.1, 0.15) is 33.3 Å². The summed E-state index contributed by atoms with van der Waals surface area (Å²) in [5.74, 6) is 0.519. The third-order valence-electron chi connectivity index (χ3n) is 5.78. The Labute approximate surface area is 206 Å². The average molecular weight is 485 g/mol. The topological polar surface area (TPSA) is 91.6 Å². The molecule has 6 nitrogen and oxygen atoms in total. The fourth-order valence-corrected chi connectivity index (χ4v) is 4.18. The first-order chi connectivity index (χ1) is 17.0. The van der Waals surface area contributed by atoms with Gasteiger partial charge in [-0.3, -0.25) is 9.59 Å². The maximum absolute atomic E-state index is 12.9. The number of fused-ring (bicyclic) bond motifs is 1. The lowest BCUT2D eigenvalue weighted by atomic mass is 10.1. The summed E-state index contributed by atoms with van der Waals surface area (Å²) in [7, 11) is 0. The van der Waals surface area contributed by atoms with Crippen molar-refractivity contribution in [3.8, 4) is 11.3 Å². The minimum Gasteiger partial charge on any atom is -0.457 e. The molecule has 1 atom stereocenters. The molecule has 2 heterocycles. The number of halogens is 1. The highest BCUT2D eigenvalue weighted by Gasteiger charge is 2.25. The normalized spacial score (nSPS) is 14.5. The van der Waals surface area contributed by atoms with Crippen molar-refractivity contribution in [1.82, 2.24) is 5.32 Å². The molecule has 1 aliphatic heterocycles. The summed E-state index contributed by atoms with van der Waals surface area (Å²) in [6.07, 6.45) is 1.67. The molecule has 35 heavy (non-hydrogen) atoms. The van der Waals surface area contributed by atoms with Crippen molar-refractivity contribution in [3.63, 3.8) is 0 Å². The van der Waals surface area contributed by atoms with Gasteiger partial charge in [-0.15, -0.1) is 0 Å². The molecule has 0 aliphatic carbocycles. The van der Waals surface area contributed by atoms with Crippen molar-refractivity contribution in [1.29, 1.82) is 0 Å². The number of anilines is 1. The number of carbonyl (C=O) groups excluding carboxylic acids is 2. The molecule has 0 fully saturated rings. The van der Waals surface area contributed by atoms with Crippen LogP contribution in [-0.2, 0) is 4.79 Å². The Hall–Kier alpha value is -4.13. The van der Waals surface area contributed by atoms with E-state index in [4.69, 9.17) is 16.0 Å². The van der Waals surface area contributed by atoms with Crippen LogP contribution < -0.4 is 10.6 Å². The van der Waals surface area contributed by atoms with Gasteiger partial charge in [0, 0.05) is 27.4 Å². The van der Waals surface area contributed by atoms with Gasteiger partial charge >= 0.3 is 0 Å². The quantitative estimate of drug-likeness (QED) is 0.313. The largest absolute Gasteiger partial charge is 0.457 e. The lowest BCUT2D eigenvalue weighted by molar-refractivity contribution is -0.110. The summed E-state index contributed by atoms with van der Waals surface area (Å²) in [6, 6.07) is 24.6. The van der Waals surface area contributed by atoms with E-state index in [0.29, 0.717) is 38.9 Å². The predicted molar refractivity (Wildman–Crippen MR) is 136 cm³/mol. The van der Waals surface area contributed by atoms with Gasteiger partial charge < -0.3 is 20.2 Å². The second-order valence-electron chi connectivity index (χ2n) is 8.10. The van der Waals surface area contributed by atoms with E-state index in [9.17, 15) is 14.7 Å². The number of carbonyl (C=O) groups is 2. The molecule has 0 saturated carbocycles. The van der Waals surface area contributed by atoms with Crippen LogP contribution in [0.3, 0.4) is 0 Å². The zero-order valence-electron chi connectivity index (χ0n) is 18.5. The van der Waals surface area contributed by atoms with Crippen LogP contribution in [0, 0.1) is 0 Å². The Kier molecular flexibility index (Phi) is 6.23. The Bertz CT molecular complexity index is 1440. The van der Waals surface area contributed by atoms with Crippen molar-refractivity contribution >= 4 is 40.8 Å². The van der Waals surface area contributed by atoms with Gasteiger partial charge in [0.1, 0.15) is 11.5 Å². The minimum atomic E-state index is -0.511. The number of hydrogen-bond acceptors (Lipinski definition) is 4. The van der Waals surface area contributed by atoms with Gasteiger partial charge in [-0.05, 0) is 54.1 Å². The van der Waals surface area contributed by atoms with Gasteiger partial charge in [-0.1, -0.05) is 54.1 Å². The summed E-state index contributed by atoms with van der Waals surface area (Å²) < 4.78 is 5.97.